The molecule has 0 aliphatic carbocycles. The summed E-state index contributed by atoms with van der Waals surface area (Å²) in [6.45, 7) is 5.83. The molecule has 96 valence electrons. The van der Waals surface area contributed by atoms with Crippen molar-refractivity contribution < 1.29 is 4.39 Å². The number of H-pyrrole nitrogens is 1. The molecular formula is C13H17FN4. The zero-order valence-corrected chi connectivity index (χ0v) is 10.7. The number of nitrogens with zero attached hydrogens (tertiary/aromatic N) is 2. The first-order valence-electron chi connectivity index (χ1n) is 5.85. The van der Waals surface area contributed by atoms with Crippen molar-refractivity contribution in [2.24, 2.45) is 5.73 Å². The van der Waals surface area contributed by atoms with Gasteiger partial charge in [-0.2, -0.15) is 5.10 Å². The Labute approximate surface area is 105 Å². The van der Waals surface area contributed by atoms with Gasteiger partial charge in [0.15, 0.2) is 5.82 Å². The summed E-state index contributed by atoms with van der Waals surface area (Å²) in [5.74, 6) is 1.06. The maximum Gasteiger partial charge on any atom is 0.160 e. The van der Waals surface area contributed by atoms with Crippen molar-refractivity contribution in [3.63, 3.8) is 0 Å². The molecule has 1 unspecified atom stereocenters. The van der Waals surface area contributed by atoms with E-state index in [2.05, 4.69) is 15.2 Å². The van der Waals surface area contributed by atoms with Crippen LogP contribution >= 0.6 is 0 Å². The number of halogens is 1. The van der Waals surface area contributed by atoms with Gasteiger partial charge in [0.1, 0.15) is 11.6 Å². The summed E-state index contributed by atoms with van der Waals surface area (Å²) in [6.07, 6.45) is 0. The molecular weight excluding hydrogens is 231 g/mol. The Kier molecular flexibility index (Phi) is 3.17. The lowest BCUT2D eigenvalue weighted by molar-refractivity contribution is 0.585. The van der Waals surface area contributed by atoms with Crippen LogP contribution in [-0.4, -0.2) is 15.2 Å². The average Bonchev–Trinajstić information content (AvgIpc) is 2.79. The van der Waals surface area contributed by atoms with Crippen LogP contribution in [0.5, 0.6) is 0 Å². The summed E-state index contributed by atoms with van der Waals surface area (Å²) in [4.78, 5) is 4.39. The molecule has 0 aliphatic rings. The molecule has 0 amide bonds. The largest absolute Gasteiger partial charge is 0.322 e. The molecule has 0 saturated heterocycles. The fourth-order valence-corrected chi connectivity index (χ4v) is 1.75. The van der Waals surface area contributed by atoms with E-state index in [0.29, 0.717) is 11.6 Å². The molecule has 18 heavy (non-hydrogen) atoms. The molecule has 1 heterocycles. The van der Waals surface area contributed by atoms with Crippen molar-refractivity contribution >= 4 is 0 Å². The van der Waals surface area contributed by atoms with Crippen LogP contribution in [0.3, 0.4) is 0 Å². The zero-order valence-electron chi connectivity index (χ0n) is 10.7. The molecule has 4 nitrogen and oxygen atoms in total. The molecule has 0 aliphatic heterocycles. The minimum absolute atomic E-state index is 0.185. The van der Waals surface area contributed by atoms with E-state index >= 15 is 0 Å². The number of rotatable bonds is 3. The fourth-order valence-electron chi connectivity index (χ4n) is 1.75. The third-order valence-corrected chi connectivity index (χ3v) is 3.06. The first kappa shape index (κ1) is 12.7. The molecule has 5 heteroatoms. The van der Waals surface area contributed by atoms with Gasteiger partial charge in [-0.1, -0.05) is 12.1 Å². The van der Waals surface area contributed by atoms with Gasteiger partial charge >= 0.3 is 0 Å². The van der Waals surface area contributed by atoms with Crippen molar-refractivity contribution in [1.82, 2.24) is 15.2 Å². The van der Waals surface area contributed by atoms with Crippen LogP contribution in [0, 0.1) is 5.82 Å². The van der Waals surface area contributed by atoms with Gasteiger partial charge in [-0.3, -0.25) is 5.10 Å². The van der Waals surface area contributed by atoms with E-state index in [1.54, 1.807) is 12.1 Å². The van der Waals surface area contributed by atoms with E-state index in [0.717, 1.165) is 5.56 Å². The highest BCUT2D eigenvalue weighted by Gasteiger charge is 2.28. The first-order chi connectivity index (χ1) is 8.41. The van der Waals surface area contributed by atoms with Gasteiger partial charge < -0.3 is 5.73 Å². The van der Waals surface area contributed by atoms with Crippen LogP contribution in [0.25, 0.3) is 0 Å². The Bertz CT molecular complexity index is 528. The van der Waals surface area contributed by atoms with Crippen molar-refractivity contribution in [2.75, 3.05) is 0 Å². The molecule has 0 radical (unpaired) electrons. The maximum atomic E-state index is 12.9. The summed E-state index contributed by atoms with van der Waals surface area (Å²) in [7, 11) is 0. The number of benzene rings is 1. The maximum absolute atomic E-state index is 12.9. The third-order valence-electron chi connectivity index (χ3n) is 3.06. The predicted octanol–water partition coefficient (Wildman–Crippen LogP) is 2.29. The van der Waals surface area contributed by atoms with Gasteiger partial charge in [-0.05, 0) is 38.5 Å². The summed E-state index contributed by atoms with van der Waals surface area (Å²) in [5, 5.41) is 7.03. The lowest BCUT2D eigenvalue weighted by atomic mass is 9.84. The predicted molar refractivity (Wildman–Crippen MR) is 67.5 cm³/mol. The number of hydrogen-bond acceptors (Lipinski definition) is 3. The Morgan fingerprint density at radius 3 is 2.39 bits per heavy atom. The lowest BCUT2D eigenvalue weighted by Gasteiger charge is -2.21. The van der Waals surface area contributed by atoms with Gasteiger partial charge in [0.05, 0.1) is 11.5 Å². The molecule has 0 spiro atoms. The first-order valence-corrected chi connectivity index (χ1v) is 5.85. The van der Waals surface area contributed by atoms with Crippen LogP contribution in [0.4, 0.5) is 4.39 Å². The molecule has 2 aromatic rings. The molecule has 2 rings (SSSR count). The summed E-state index contributed by atoms with van der Waals surface area (Å²) in [5.41, 5.74) is 6.31. The van der Waals surface area contributed by atoms with E-state index in [1.807, 2.05) is 20.8 Å². The van der Waals surface area contributed by atoms with E-state index in [1.165, 1.54) is 12.1 Å². The molecule has 3 N–H and O–H groups in total. The van der Waals surface area contributed by atoms with Crippen molar-refractivity contribution in [2.45, 2.75) is 32.2 Å². The molecule has 0 bridgehead atoms. The Hall–Kier alpha value is -1.75. The van der Waals surface area contributed by atoms with Crippen molar-refractivity contribution in [3.8, 4) is 0 Å². The van der Waals surface area contributed by atoms with Gasteiger partial charge in [0, 0.05) is 0 Å². The second kappa shape index (κ2) is 4.49. The van der Waals surface area contributed by atoms with Crippen LogP contribution in [-0.2, 0) is 5.41 Å². The van der Waals surface area contributed by atoms with E-state index in [-0.39, 0.29) is 11.9 Å². The van der Waals surface area contributed by atoms with Crippen LogP contribution in [0.15, 0.2) is 24.3 Å². The lowest BCUT2D eigenvalue weighted by Crippen LogP contribution is -2.21. The molecule has 1 atom stereocenters. The normalized spacial score (nSPS) is 13.6. The average molecular weight is 248 g/mol. The number of aromatic amines is 1. The van der Waals surface area contributed by atoms with Gasteiger partial charge in [0.2, 0.25) is 0 Å². The summed E-state index contributed by atoms with van der Waals surface area (Å²) >= 11 is 0. The SMILES string of the molecule is CC(N)c1nc(C(C)(C)c2ccc(F)cc2)n[nH]1. The van der Waals surface area contributed by atoms with Gasteiger partial charge in [0.25, 0.3) is 0 Å². The summed E-state index contributed by atoms with van der Waals surface area (Å²) in [6, 6.07) is 6.19. The smallest absolute Gasteiger partial charge is 0.160 e. The van der Waals surface area contributed by atoms with E-state index in [9.17, 15) is 4.39 Å². The Morgan fingerprint density at radius 2 is 1.89 bits per heavy atom. The van der Waals surface area contributed by atoms with Crippen LogP contribution in [0.1, 0.15) is 44.0 Å². The van der Waals surface area contributed by atoms with Crippen molar-refractivity contribution in [3.05, 3.63) is 47.3 Å². The quantitative estimate of drug-likeness (QED) is 0.875. The van der Waals surface area contributed by atoms with E-state index < -0.39 is 5.41 Å². The highest BCUT2D eigenvalue weighted by atomic mass is 19.1. The van der Waals surface area contributed by atoms with Crippen molar-refractivity contribution in [1.29, 1.82) is 0 Å². The van der Waals surface area contributed by atoms with Gasteiger partial charge in [-0.25, -0.2) is 9.37 Å². The Balaban J connectivity index is 2.37. The standard InChI is InChI=1S/C13H17FN4/c1-8(15)11-16-12(18-17-11)13(2,3)9-4-6-10(14)7-5-9/h4-8H,15H2,1-3H3,(H,16,17,18). The van der Waals surface area contributed by atoms with Crippen LogP contribution < -0.4 is 5.73 Å². The second-order valence-electron chi connectivity index (χ2n) is 4.96. The monoisotopic (exact) mass is 248 g/mol. The molecule has 0 fully saturated rings. The number of nitrogens with two attached hydrogens (primary N) is 1. The highest BCUT2D eigenvalue weighted by molar-refractivity contribution is 5.30. The fraction of sp³-hybridized carbons (Fsp3) is 0.385. The van der Waals surface area contributed by atoms with E-state index in [4.69, 9.17) is 5.73 Å². The molecule has 1 aromatic carbocycles. The number of hydrogen-bond donors (Lipinski definition) is 2. The zero-order chi connectivity index (χ0) is 13.3. The third kappa shape index (κ3) is 2.26. The highest BCUT2D eigenvalue weighted by Crippen LogP contribution is 2.29. The number of aromatic nitrogens is 3. The topological polar surface area (TPSA) is 67.6 Å². The van der Waals surface area contributed by atoms with Crippen LogP contribution in [0.2, 0.25) is 0 Å². The minimum Gasteiger partial charge on any atom is -0.322 e. The minimum atomic E-state index is -0.392. The molecule has 1 aromatic heterocycles. The second-order valence-corrected chi connectivity index (χ2v) is 4.96. The van der Waals surface area contributed by atoms with Gasteiger partial charge in [-0.15, -0.1) is 0 Å². The molecule has 0 saturated carbocycles. The number of nitrogens with one attached hydrogen (secondary N) is 1. The Morgan fingerprint density at radius 1 is 1.28 bits per heavy atom. The summed E-state index contributed by atoms with van der Waals surface area (Å²) < 4.78 is 12.9.